The summed E-state index contributed by atoms with van der Waals surface area (Å²) in [7, 11) is 1.48. The molecule has 1 fully saturated rings. The van der Waals surface area contributed by atoms with E-state index in [1.807, 2.05) is 0 Å². The first-order valence-electron chi connectivity index (χ1n) is 6.17. The van der Waals surface area contributed by atoms with Crippen LogP contribution in [0.1, 0.15) is 26.7 Å². The molecule has 6 heteroatoms. The van der Waals surface area contributed by atoms with Crippen LogP contribution in [0.15, 0.2) is 0 Å². The lowest BCUT2D eigenvalue weighted by Gasteiger charge is -2.28. The molecule has 1 N–H and O–H groups in total. The average molecular weight is 256 g/mol. The maximum Gasteiger partial charge on any atom is 0.309 e. The van der Waals surface area contributed by atoms with Gasteiger partial charge in [-0.2, -0.15) is 0 Å². The van der Waals surface area contributed by atoms with Crippen molar-refractivity contribution in [1.29, 1.82) is 0 Å². The van der Waals surface area contributed by atoms with Gasteiger partial charge >= 0.3 is 5.97 Å². The number of likely N-dealkylation sites (N-methyl/N-ethyl adjacent to an activating group) is 1. The van der Waals surface area contributed by atoms with E-state index in [0.29, 0.717) is 26.0 Å². The number of amides is 2. The molecule has 102 valence electrons. The van der Waals surface area contributed by atoms with E-state index in [2.05, 4.69) is 5.32 Å². The summed E-state index contributed by atoms with van der Waals surface area (Å²) < 4.78 is 4.88. The fourth-order valence-electron chi connectivity index (χ4n) is 1.79. The van der Waals surface area contributed by atoms with E-state index in [9.17, 15) is 14.4 Å². The Morgan fingerprint density at radius 1 is 1.56 bits per heavy atom. The highest BCUT2D eigenvalue weighted by Gasteiger charge is 2.31. The predicted octanol–water partition coefficient (Wildman–Crippen LogP) is -0.0774. The Hall–Kier alpha value is -1.43. The molecule has 0 aromatic rings. The molecule has 0 aliphatic carbocycles. The Balaban J connectivity index is 2.42. The van der Waals surface area contributed by atoms with Crippen LogP contribution < -0.4 is 5.32 Å². The van der Waals surface area contributed by atoms with E-state index < -0.39 is 0 Å². The van der Waals surface area contributed by atoms with Gasteiger partial charge in [0.25, 0.3) is 0 Å². The Bertz CT molecular complexity index is 343. The average Bonchev–Trinajstić information content (AvgIpc) is 2.35. The minimum absolute atomic E-state index is 0.156. The third-order valence-corrected chi connectivity index (χ3v) is 3.01. The summed E-state index contributed by atoms with van der Waals surface area (Å²) in [6.45, 7) is 4.22. The van der Waals surface area contributed by atoms with Crippen LogP contribution in [0.25, 0.3) is 0 Å². The SMILES string of the molecule is CCOC(=O)C(C)CNC1CCC(=O)N(C)C1=O. The Labute approximate surface area is 107 Å². The van der Waals surface area contributed by atoms with E-state index in [1.165, 1.54) is 7.05 Å². The lowest BCUT2D eigenvalue weighted by Crippen LogP contribution is -2.52. The molecular formula is C12H20N2O4. The van der Waals surface area contributed by atoms with Gasteiger partial charge in [0.1, 0.15) is 0 Å². The summed E-state index contributed by atoms with van der Waals surface area (Å²) in [5.41, 5.74) is 0. The third kappa shape index (κ3) is 3.53. The molecule has 0 spiro atoms. The number of ether oxygens (including phenoxy) is 1. The normalized spacial score (nSPS) is 21.9. The van der Waals surface area contributed by atoms with Crippen molar-refractivity contribution >= 4 is 17.8 Å². The zero-order valence-electron chi connectivity index (χ0n) is 11.1. The summed E-state index contributed by atoms with van der Waals surface area (Å²) in [5.74, 6) is -0.975. The van der Waals surface area contributed by atoms with Crippen molar-refractivity contribution in [2.75, 3.05) is 20.2 Å². The smallest absolute Gasteiger partial charge is 0.309 e. The fraction of sp³-hybridized carbons (Fsp3) is 0.750. The molecule has 1 aliphatic heterocycles. The molecular weight excluding hydrogens is 236 g/mol. The first kappa shape index (κ1) is 14.6. The Kier molecular flexibility index (Phi) is 5.27. The number of rotatable bonds is 5. The molecule has 18 heavy (non-hydrogen) atoms. The van der Waals surface area contributed by atoms with Crippen LogP contribution in [0.4, 0.5) is 0 Å². The number of nitrogens with zero attached hydrogens (tertiary/aromatic N) is 1. The topological polar surface area (TPSA) is 75.7 Å². The summed E-state index contributed by atoms with van der Waals surface area (Å²) in [6.07, 6.45) is 0.839. The van der Waals surface area contributed by atoms with Crippen molar-refractivity contribution in [3.63, 3.8) is 0 Å². The first-order valence-corrected chi connectivity index (χ1v) is 6.17. The van der Waals surface area contributed by atoms with Gasteiger partial charge in [-0.15, -0.1) is 0 Å². The highest BCUT2D eigenvalue weighted by atomic mass is 16.5. The fourth-order valence-corrected chi connectivity index (χ4v) is 1.79. The first-order chi connectivity index (χ1) is 8.47. The zero-order chi connectivity index (χ0) is 13.7. The minimum atomic E-state index is -0.385. The molecule has 0 aromatic heterocycles. The molecule has 1 aliphatic rings. The number of esters is 1. The number of carbonyl (C=O) groups is 3. The van der Waals surface area contributed by atoms with Gasteiger partial charge in [-0.25, -0.2) is 0 Å². The summed E-state index contributed by atoms with van der Waals surface area (Å²) in [6, 6.07) is -0.385. The van der Waals surface area contributed by atoms with Gasteiger partial charge in [-0.1, -0.05) is 6.92 Å². The van der Waals surface area contributed by atoms with Crippen molar-refractivity contribution in [2.45, 2.75) is 32.7 Å². The molecule has 2 amide bonds. The molecule has 0 radical (unpaired) electrons. The van der Waals surface area contributed by atoms with Crippen LogP contribution in [0.2, 0.25) is 0 Å². The van der Waals surface area contributed by atoms with Gasteiger partial charge in [0.15, 0.2) is 0 Å². The third-order valence-electron chi connectivity index (χ3n) is 3.01. The zero-order valence-corrected chi connectivity index (χ0v) is 11.1. The van der Waals surface area contributed by atoms with Gasteiger partial charge in [-0.3, -0.25) is 19.3 Å². The van der Waals surface area contributed by atoms with Crippen LogP contribution in [0.5, 0.6) is 0 Å². The maximum absolute atomic E-state index is 11.8. The molecule has 1 heterocycles. The summed E-state index contributed by atoms with van der Waals surface area (Å²) >= 11 is 0. The monoisotopic (exact) mass is 256 g/mol. The van der Waals surface area contributed by atoms with Crippen LogP contribution in [-0.2, 0) is 19.1 Å². The Morgan fingerprint density at radius 2 is 2.22 bits per heavy atom. The second-order valence-corrected chi connectivity index (χ2v) is 4.44. The molecule has 1 rings (SSSR count). The molecule has 2 unspecified atom stereocenters. The number of imide groups is 1. The van der Waals surface area contributed by atoms with Gasteiger partial charge in [-0.05, 0) is 13.3 Å². The van der Waals surface area contributed by atoms with E-state index in [1.54, 1.807) is 13.8 Å². The molecule has 0 aromatic carbocycles. The molecule has 0 saturated carbocycles. The van der Waals surface area contributed by atoms with E-state index in [0.717, 1.165) is 4.90 Å². The highest BCUT2D eigenvalue weighted by molar-refractivity contribution is 6.00. The van der Waals surface area contributed by atoms with Gasteiger partial charge in [0, 0.05) is 20.0 Å². The molecule has 6 nitrogen and oxygen atoms in total. The van der Waals surface area contributed by atoms with Gasteiger partial charge in [0.2, 0.25) is 11.8 Å². The molecule has 0 bridgehead atoms. The molecule has 2 atom stereocenters. The summed E-state index contributed by atoms with van der Waals surface area (Å²) in [5, 5.41) is 3.02. The largest absolute Gasteiger partial charge is 0.466 e. The number of hydrogen-bond acceptors (Lipinski definition) is 5. The number of carbonyl (C=O) groups excluding carboxylic acids is 3. The van der Waals surface area contributed by atoms with E-state index in [-0.39, 0.29) is 29.7 Å². The highest BCUT2D eigenvalue weighted by Crippen LogP contribution is 2.11. The van der Waals surface area contributed by atoms with Crippen molar-refractivity contribution in [2.24, 2.45) is 5.92 Å². The van der Waals surface area contributed by atoms with Crippen LogP contribution >= 0.6 is 0 Å². The lowest BCUT2D eigenvalue weighted by molar-refractivity contribution is -0.150. The van der Waals surface area contributed by atoms with Crippen molar-refractivity contribution in [3.05, 3.63) is 0 Å². The van der Waals surface area contributed by atoms with Gasteiger partial charge < -0.3 is 10.1 Å². The van der Waals surface area contributed by atoms with Crippen LogP contribution in [-0.4, -0.2) is 48.9 Å². The van der Waals surface area contributed by atoms with Crippen LogP contribution in [0, 0.1) is 5.92 Å². The predicted molar refractivity (Wildman–Crippen MR) is 64.6 cm³/mol. The van der Waals surface area contributed by atoms with Crippen molar-refractivity contribution in [1.82, 2.24) is 10.2 Å². The minimum Gasteiger partial charge on any atom is -0.466 e. The van der Waals surface area contributed by atoms with E-state index >= 15 is 0 Å². The number of piperidine rings is 1. The van der Waals surface area contributed by atoms with E-state index in [4.69, 9.17) is 4.74 Å². The second-order valence-electron chi connectivity index (χ2n) is 4.44. The molecule has 1 saturated heterocycles. The number of hydrogen-bond donors (Lipinski definition) is 1. The number of nitrogens with one attached hydrogen (secondary N) is 1. The Morgan fingerprint density at radius 3 is 2.83 bits per heavy atom. The maximum atomic E-state index is 11.8. The quantitative estimate of drug-likeness (QED) is 0.550. The standard InChI is InChI=1S/C12H20N2O4/c1-4-18-12(17)8(2)7-13-9-5-6-10(15)14(3)11(9)16/h8-9,13H,4-7H2,1-3H3. The second kappa shape index (κ2) is 6.49. The summed E-state index contributed by atoms with van der Waals surface area (Å²) in [4.78, 5) is 35.6. The number of likely N-dealkylation sites (tertiary alicyclic amines) is 1. The van der Waals surface area contributed by atoms with Crippen LogP contribution in [0.3, 0.4) is 0 Å². The van der Waals surface area contributed by atoms with Crippen molar-refractivity contribution < 1.29 is 19.1 Å². The van der Waals surface area contributed by atoms with Gasteiger partial charge in [0.05, 0.1) is 18.6 Å². The van der Waals surface area contributed by atoms with Crippen molar-refractivity contribution in [3.8, 4) is 0 Å². The lowest BCUT2D eigenvalue weighted by atomic mass is 10.0.